The summed E-state index contributed by atoms with van der Waals surface area (Å²) in [7, 11) is 1.23. The molecule has 0 aliphatic rings. The number of rotatable bonds is 9. The zero-order valence-corrected chi connectivity index (χ0v) is 24.1. The average Bonchev–Trinajstić information content (AvgIpc) is 3.40. The largest absolute Gasteiger partial charge is 0.465 e. The van der Waals surface area contributed by atoms with E-state index in [-0.39, 0.29) is 37.8 Å². The summed E-state index contributed by atoms with van der Waals surface area (Å²) in [5, 5.41) is 28.1. The van der Waals surface area contributed by atoms with Crippen LogP contribution in [0, 0.1) is 35.2 Å². The molecule has 39 heavy (non-hydrogen) atoms. The van der Waals surface area contributed by atoms with Gasteiger partial charge in [0.2, 0.25) is 0 Å². The Kier molecular flexibility index (Phi) is 10.1. The number of nitrogens with one attached hydrogen (secondary N) is 2. The second kappa shape index (κ2) is 13.3. The molecule has 2 amide bonds. The average molecular weight is 602 g/mol. The quantitative estimate of drug-likeness (QED) is 0.182. The van der Waals surface area contributed by atoms with Gasteiger partial charge < -0.3 is 20.1 Å². The molecule has 0 aromatic carbocycles. The number of thioether (sulfide) groups is 2. The van der Waals surface area contributed by atoms with E-state index in [1.165, 1.54) is 25.3 Å². The molecule has 3 rings (SSSR count). The Balaban J connectivity index is 1.87. The highest BCUT2D eigenvalue weighted by atomic mass is 32.2. The maximum Gasteiger partial charge on any atom is 0.348 e. The van der Waals surface area contributed by atoms with Crippen LogP contribution in [0.25, 0.3) is 0 Å². The van der Waals surface area contributed by atoms with Crippen LogP contribution >= 0.6 is 46.2 Å². The van der Waals surface area contributed by atoms with Gasteiger partial charge in [0.25, 0.3) is 11.8 Å². The predicted molar refractivity (Wildman–Crippen MR) is 148 cm³/mol. The minimum Gasteiger partial charge on any atom is -0.465 e. The van der Waals surface area contributed by atoms with Gasteiger partial charge in [0.05, 0.1) is 23.5 Å². The van der Waals surface area contributed by atoms with Gasteiger partial charge in [0.1, 0.15) is 41.9 Å². The fourth-order valence-corrected chi connectivity index (χ4v) is 6.82. The molecule has 11 nitrogen and oxygen atoms in total. The first-order valence-corrected chi connectivity index (χ1v) is 14.2. The highest BCUT2D eigenvalue weighted by molar-refractivity contribution is 8.04. The molecule has 0 atom stereocenters. The molecule has 15 heteroatoms. The van der Waals surface area contributed by atoms with Gasteiger partial charge >= 0.3 is 11.9 Å². The third kappa shape index (κ3) is 6.58. The highest BCUT2D eigenvalue weighted by Gasteiger charge is 2.25. The molecule has 0 bridgehead atoms. The second-order valence-electron chi connectivity index (χ2n) is 7.34. The molecule has 0 saturated carbocycles. The first-order chi connectivity index (χ1) is 18.7. The molecule has 0 aliphatic heterocycles. The van der Waals surface area contributed by atoms with Gasteiger partial charge in [-0.25, -0.2) is 14.6 Å². The molecule has 0 spiro atoms. The van der Waals surface area contributed by atoms with E-state index < -0.39 is 23.8 Å². The number of hydrogen-bond donors (Lipinski definition) is 2. The lowest BCUT2D eigenvalue weighted by Crippen LogP contribution is -2.18. The van der Waals surface area contributed by atoms with E-state index in [2.05, 4.69) is 15.6 Å². The number of methoxy groups -OCH3 is 1. The molecule has 200 valence electrons. The first kappa shape index (κ1) is 29.7. The number of hydrogen-bond acceptors (Lipinski definition) is 13. The van der Waals surface area contributed by atoms with Crippen LogP contribution in [-0.4, -0.2) is 42.5 Å². The van der Waals surface area contributed by atoms with E-state index in [9.17, 15) is 24.4 Å². The Bertz CT molecular complexity index is 1550. The molecule has 0 aliphatic carbocycles. The molecule has 0 unspecified atom stereocenters. The van der Waals surface area contributed by atoms with E-state index in [0.717, 1.165) is 46.2 Å². The number of esters is 2. The molecular weight excluding hydrogens is 583 g/mol. The van der Waals surface area contributed by atoms with Crippen molar-refractivity contribution in [3.63, 3.8) is 0 Å². The predicted octanol–water partition coefficient (Wildman–Crippen LogP) is 5.44. The van der Waals surface area contributed by atoms with E-state index in [1.807, 2.05) is 10.8 Å². The Morgan fingerprint density at radius 1 is 0.897 bits per heavy atom. The van der Waals surface area contributed by atoms with E-state index in [4.69, 9.17) is 14.7 Å². The maximum atomic E-state index is 13.0. The molecule has 3 aromatic rings. The topological polar surface area (TPSA) is 171 Å². The van der Waals surface area contributed by atoms with Gasteiger partial charge in [-0.3, -0.25) is 9.59 Å². The van der Waals surface area contributed by atoms with Crippen LogP contribution in [0.5, 0.6) is 0 Å². The lowest BCUT2D eigenvalue weighted by Gasteiger charge is -2.07. The van der Waals surface area contributed by atoms with Crippen molar-refractivity contribution >= 4 is 80.0 Å². The smallest absolute Gasteiger partial charge is 0.348 e. The third-order valence-corrected chi connectivity index (χ3v) is 9.22. The number of anilines is 2. The molecule has 2 N–H and O–H groups in total. The normalized spacial score (nSPS) is 10.2. The summed E-state index contributed by atoms with van der Waals surface area (Å²) in [6.45, 7) is 5.13. The lowest BCUT2D eigenvalue weighted by molar-refractivity contribution is 0.0529. The zero-order chi connectivity index (χ0) is 28.7. The van der Waals surface area contributed by atoms with Crippen LogP contribution in [0.3, 0.4) is 0 Å². The van der Waals surface area contributed by atoms with E-state index in [1.54, 1.807) is 20.8 Å². The number of carbonyl (C=O) groups is 4. The van der Waals surface area contributed by atoms with Crippen molar-refractivity contribution in [2.24, 2.45) is 0 Å². The van der Waals surface area contributed by atoms with Crippen LogP contribution in [0.1, 0.15) is 58.4 Å². The van der Waals surface area contributed by atoms with Crippen LogP contribution in [0.4, 0.5) is 10.0 Å². The summed E-state index contributed by atoms with van der Waals surface area (Å²) < 4.78 is 9.82. The van der Waals surface area contributed by atoms with Crippen LogP contribution < -0.4 is 10.6 Å². The number of carbonyl (C=O) groups excluding carboxylic acids is 4. The number of nitriles is 2. The SMILES string of the molecule is CCOC(=O)c1sc(NC(=O)c2cccc(C(=O)Nc3sc(C(=O)OC)c(C)c3SC#N)n2)c(SC#N)c1C. The minimum absolute atomic E-state index is 0.0940. The number of ether oxygens (including phenoxy) is 2. The van der Waals surface area contributed by atoms with Crippen molar-refractivity contribution < 1.29 is 28.7 Å². The van der Waals surface area contributed by atoms with E-state index >= 15 is 0 Å². The summed E-state index contributed by atoms with van der Waals surface area (Å²) in [6, 6.07) is 4.27. The molecule has 0 radical (unpaired) electrons. The maximum absolute atomic E-state index is 13.0. The van der Waals surface area contributed by atoms with Gasteiger partial charge in [-0.1, -0.05) is 6.07 Å². The number of amides is 2. The van der Waals surface area contributed by atoms with Crippen LogP contribution in [0.15, 0.2) is 28.0 Å². The monoisotopic (exact) mass is 601 g/mol. The van der Waals surface area contributed by atoms with Crippen molar-refractivity contribution in [3.05, 3.63) is 50.5 Å². The molecule has 3 aromatic heterocycles. The van der Waals surface area contributed by atoms with Crippen molar-refractivity contribution in [3.8, 4) is 10.8 Å². The van der Waals surface area contributed by atoms with Crippen LogP contribution in [-0.2, 0) is 9.47 Å². The lowest BCUT2D eigenvalue weighted by atomic mass is 10.2. The Morgan fingerprint density at radius 2 is 1.36 bits per heavy atom. The number of thiocyanates is 2. The Labute approximate surface area is 239 Å². The van der Waals surface area contributed by atoms with Gasteiger partial charge in [-0.15, -0.1) is 22.7 Å². The van der Waals surface area contributed by atoms with Crippen molar-refractivity contribution in [2.45, 2.75) is 30.6 Å². The summed E-state index contributed by atoms with van der Waals surface area (Å²) in [6.07, 6.45) is 0. The Hall–Kier alpha value is -3.89. The number of aromatic nitrogens is 1. The number of pyridine rings is 1. The third-order valence-electron chi connectivity index (χ3n) is 4.98. The number of nitrogens with zero attached hydrogens (tertiary/aromatic N) is 3. The number of thiophene rings is 2. The van der Waals surface area contributed by atoms with Gasteiger partial charge in [0.15, 0.2) is 0 Å². The molecular formula is C24H19N5O6S4. The molecule has 0 fully saturated rings. The van der Waals surface area contributed by atoms with Gasteiger partial charge in [0, 0.05) is 0 Å². The van der Waals surface area contributed by atoms with Gasteiger partial charge in [-0.05, 0) is 67.6 Å². The standard InChI is InChI=1S/C24H19N5O6S4/c1-5-35-24(33)18-12(3)16(37-10-26)22(39-18)29-20(31)14-8-6-7-13(27-14)19(30)28-21-15(36-9-25)11(2)17(38-21)23(32)34-4/h6-8H,5H2,1-4H3,(H,28,30)(H,29,31). The van der Waals surface area contributed by atoms with Crippen molar-refractivity contribution in [2.75, 3.05) is 24.4 Å². The van der Waals surface area contributed by atoms with Crippen LogP contribution in [0.2, 0.25) is 0 Å². The second-order valence-corrected chi connectivity index (χ2v) is 11.0. The minimum atomic E-state index is -0.667. The zero-order valence-electron chi connectivity index (χ0n) is 20.9. The summed E-state index contributed by atoms with van der Waals surface area (Å²) in [5.74, 6) is -2.50. The van der Waals surface area contributed by atoms with Crippen molar-refractivity contribution in [1.82, 2.24) is 4.98 Å². The fraction of sp³-hybridized carbons (Fsp3) is 0.208. The fourth-order valence-electron chi connectivity index (χ4n) is 3.20. The summed E-state index contributed by atoms with van der Waals surface area (Å²) in [4.78, 5) is 55.8. The highest BCUT2D eigenvalue weighted by Crippen LogP contribution is 2.41. The van der Waals surface area contributed by atoms with E-state index in [0.29, 0.717) is 20.9 Å². The first-order valence-electron chi connectivity index (χ1n) is 10.9. The summed E-state index contributed by atoms with van der Waals surface area (Å²) in [5.41, 5.74) is 0.810. The molecule has 0 saturated heterocycles. The molecule has 3 heterocycles. The van der Waals surface area contributed by atoms with Crippen molar-refractivity contribution in [1.29, 1.82) is 10.5 Å². The van der Waals surface area contributed by atoms with Gasteiger partial charge in [-0.2, -0.15) is 10.5 Å². The summed E-state index contributed by atoms with van der Waals surface area (Å²) >= 11 is 3.52. The Morgan fingerprint density at radius 3 is 1.77 bits per heavy atom.